The zero-order valence-electron chi connectivity index (χ0n) is 35.1. The van der Waals surface area contributed by atoms with Gasteiger partial charge in [0.2, 0.25) is 11.8 Å². The van der Waals surface area contributed by atoms with Gasteiger partial charge in [0.15, 0.2) is 0 Å². The number of fused-ring (bicyclic) bond motifs is 3. The van der Waals surface area contributed by atoms with E-state index in [4.69, 9.17) is 14.2 Å². The number of carbonyl (C=O) groups excluding carboxylic acids is 4. The van der Waals surface area contributed by atoms with Gasteiger partial charge in [-0.3, -0.25) is 29.4 Å². The molecule has 0 aromatic heterocycles. The fourth-order valence-electron chi connectivity index (χ4n) is 10.4. The first-order valence-electron chi connectivity index (χ1n) is 21.8. The second-order valence-corrected chi connectivity index (χ2v) is 16.6. The average Bonchev–Trinajstić information content (AvgIpc) is 3.77. The van der Waals surface area contributed by atoms with Crippen LogP contribution >= 0.6 is 0 Å². The molecule has 3 saturated heterocycles. The Hall–Kier alpha value is -6.90. The number of amides is 3. The highest BCUT2D eigenvalue weighted by Gasteiger charge is 2.76. The normalized spacial score (nSPS) is 24.3. The number of anilines is 1. The zero-order chi connectivity index (χ0) is 44.4. The van der Waals surface area contributed by atoms with Crippen molar-refractivity contribution in [2.24, 2.45) is 5.92 Å². The lowest BCUT2D eigenvalue weighted by atomic mass is 9.65. The summed E-state index contributed by atoms with van der Waals surface area (Å²) in [6.07, 6.45) is 2.42. The number of hydrogen-bond acceptors (Lipinski definition) is 11. The van der Waals surface area contributed by atoms with Crippen LogP contribution in [0.15, 0.2) is 133 Å². The fourth-order valence-corrected chi connectivity index (χ4v) is 10.4. The molecule has 6 atom stereocenters. The van der Waals surface area contributed by atoms with E-state index in [0.717, 1.165) is 42.6 Å². The Bertz CT molecular complexity index is 2530. The van der Waals surface area contributed by atoms with Gasteiger partial charge in [-0.1, -0.05) is 116 Å². The molecule has 1 N–H and O–H groups in total. The van der Waals surface area contributed by atoms with E-state index in [0.29, 0.717) is 41.1 Å². The number of imide groups is 1. The second-order valence-electron chi connectivity index (χ2n) is 16.6. The number of non-ortho nitro benzene ring substituents is 1. The van der Waals surface area contributed by atoms with Crippen molar-refractivity contribution >= 4 is 35.3 Å². The maximum Gasteiger partial charge on any atom is 0.421 e. The van der Waals surface area contributed by atoms with E-state index in [1.165, 1.54) is 24.3 Å². The minimum atomic E-state index is -1.97. The molecule has 64 heavy (non-hydrogen) atoms. The predicted molar refractivity (Wildman–Crippen MR) is 234 cm³/mol. The number of para-hydroxylation sites is 2. The summed E-state index contributed by atoms with van der Waals surface area (Å²) < 4.78 is 18.7. The molecule has 4 heterocycles. The van der Waals surface area contributed by atoms with Crippen molar-refractivity contribution in [3.63, 3.8) is 0 Å². The maximum absolute atomic E-state index is 16.4. The average molecular weight is 865 g/mol. The van der Waals surface area contributed by atoms with E-state index >= 15 is 14.4 Å². The van der Waals surface area contributed by atoms with Crippen LogP contribution in [0, 0.1) is 16.0 Å². The molecule has 328 valence electrons. The topological polar surface area (TPSA) is 169 Å². The van der Waals surface area contributed by atoms with Gasteiger partial charge < -0.3 is 24.2 Å². The van der Waals surface area contributed by atoms with E-state index < -0.39 is 64.4 Å². The summed E-state index contributed by atoms with van der Waals surface area (Å²) in [4.78, 5) is 77.8. The fraction of sp³-hybridized carbons (Fsp3) is 0.320. The molecule has 9 rings (SSSR count). The summed E-state index contributed by atoms with van der Waals surface area (Å²) in [5.74, 6) is -2.95. The van der Waals surface area contributed by atoms with Crippen molar-refractivity contribution in [2.45, 2.75) is 68.4 Å². The number of nitrogens with zero attached hydrogens (tertiary/aromatic N) is 4. The van der Waals surface area contributed by atoms with Crippen LogP contribution in [0.4, 0.5) is 16.2 Å². The Kier molecular flexibility index (Phi) is 12.0. The Morgan fingerprint density at radius 1 is 0.766 bits per heavy atom. The van der Waals surface area contributed by atoms with Crippen molar-refractivity contribution in [1.82, 2.24) is 9.80 Å². The number of aliphatic hydroxyl groups is 1. The van der Waals surface area contributed by atoms with Crippen LogP contribution in [0.2, 0.25) is 0 Å². The summed E-state index contributed by atoms with van der Waals surface area (Å²) in [6, 6.07) is 35.1. The lowest BCUT2D eigenvalue weighted by molar-refractivity contribution is -0.384. The molecule has 3 amide bonds. The van der Waals surface area contributed by atoms with Gasteiger partial charge in [0.25, 0.3) is 5.69 Å². The molecule has 4 aliphatic rings. The molecule has 0 bridgehead atoms. The molecular formula is C50H48N4O10. The van der Waals surface area contributed by atoms with Crippen molar-refractivity contribution in [1.29, 1.82) is 0 Å². The van der Waals surface area contributed by atoms with E-state index in [9.17, 15) is 20.0 Å². The number of rotatable bonds is 10. The molecular weight excluding hydrogens is 817 g/mol. The number of cyclic esters (lactones) is 1. The van der Waals surface area contributed by atoms with Crippen LogP contribution in [0.25, 0.3) is 0 Å². The Morgan fingerprint density at radius 3 is 2.08 bits per heavy atom. The lowest BCUT2D eigenvalue weighted by Crippen LogP contribution is -2.56. The lowest BCUT2D eigenvalue weighted by Gasteiger charge is -2.46. The maximum atomic E-state index is 16.4. The van der Waals surface area contributed by atoms with Gasteiger partial charge in [0.05, 0.1) is 35.2 Å². The number of carbonyl (C=O) groups is 4. The predicted octanol–water partition coefficient (Wildman–Crippen LogP) is 7.76. The molecule has 0 radical (unpaired) electrons. The molecule has 14 nitrogen and oxygen atoms in total. The standard InChI is InChI=1S/C50H48N4O10/c55-30-31-62-40-23-13-10-20-37(40)45-50(38-21-11-12-22-39(38)52(48(50)58)49(59)63-32-33-24-26-36(27-25-33)54(60)61)41(46(56)51-28-14-2-1-3-15-29-51)43-47(57)64-44(35-18-8-5-9-19-35)42(53(43)45)34-16-6-4-7-17-34/h4-13,16-27,41-45,55H,1-3,14-15,28-32H2. The quantitative estimate of drug-likeness (QED) is 0.0828. The van der Waals surface area contributed by atoms with E-state index in [2.05, 4.69) is 0 Å². The van der Waals surface area contributed by atoms with Crippen LogP contribution in [-0.2, 0) is 35.9 Å². The Balaban J connectivity index is 1.29. The first kappa shape index (κ1) is 42.4. The van der Waals surface area contributed by atoms with E-state index in [-0.39, 0.29) is 31.2 Å². The molecule has 0 aliphatic carbocycles. The summed E-state index contributed by atoms with van der Waals surface area (Å²) in [7, 11) is 0. The molecule has 5 aromatic rings. The third-order valence-electron chi connectivity index (χ3n) is 13.1. The number of hydrogen-bond donors (Lipinski definition) is 1. The highest BCUT2D eigenvalue weighted by atomic mass is 16.6. The minimum Gasteiger partial charge on any atom is -0.491 e. The number of benzene rings is 5. The monoisotopic (exact) mass is 864 g/mol. The van der Waals surface area contributed by atoms with Crippen molar-refractivity contribution in [3.05, 3.63) is 171 Å². The molecule has 6 unspecified atom stereocenters. The van der Waals surface area contributed by atoms with Crippen LogP contribution in [0.3, 0.4) is 0 Å². The summed E-state index contributed by atoms with van der Waals surface area (Å²) >= 11 is 0. The van der Waals surface area contributed by atoms with Crippen molar-refractivity contribution < 1.29 is 43.4 Å². The van der Waals surface area contributed by atoms with Gasteiger partial charge in [0, 0.05) is 30.8 Å². The van der Waals surface area contributed by atoms with E-state index in [1.807, 2.05) is 71.6 Å². The third kappa shape index (κ3) is 7.35. The van der Waals surface area contributed by atoms with Gasteiger partial charge in [0.1, 0.15) is 36.5 Å². The second kappa shape index (κ2) is 18.1. The van der Waals surface area contributed by atoms with Crippen LogP contribution in [0.1, 0.15) is 78.1 Å². The van der Waals surface area contributed by atoms with Gasteiger partial charge in [-0.15, -0.1) is 0 Å². The molecule has 14 heteroatoms. The molecule has 1 spiro atoms. The summed E-state index contributed by atoms with van der Waals surface area (Å²) in [6.45, 7) is 0.124. The summed E-state index contributed by atoms with van der Waals surface area (Å²) in [5.41, 5.74) is 0.822. The molecule has 4 aliphatic heterocycles. The first-order valence-corrected chi connectivity index (χ1v) is 21.8. The van der Waals surface area contributed by atoms with Crippen LogP contribution < -0.4 is 9.64 Å². The number of esters is 1. The number of likely N-dealkylation sites (tertiary alicyclic amines) is 1. The SMILES string of the molecule is O=C1OC(c2ccccc2)C(c2ccccc2)N2C1C(C(=O)N1CCCCCCC1)C1(C(=O)N(C(=O)OCc3ccc([N+](=O)[O-])cc3)c3ccccc31)C2c1ccccc1OCCO. The minimum absolute atomic E-state index is 0.0846. The first-order chi connectivity index (χ1) is 31.2. The van der Waals surface area contributed by atoms with Gasteiger partial charge >= 0.3 is 12.1 Å². The number of nitro benzene ring substituents is 1. The van der Waals surface area contributed by atoms with Crippen molar-refractivity contribution in [2.75, 3.05) is 31.2 Å². The van der Waals surface area contributed by atoms with Gasteiger partial charge in [-0.05, 0) is 59.4 Å². The highest BCUT2D eigenvalue weighted by molar-refractivity contribution is 6.23. The largest absolute Gasteiger partial charge is 0.491 e. The number of nitro groups is 1. The number of morpholine rings is 1. The number of ether oxygens (including phenoxy) is 3. The molecule has 3 fully saturated rings. The summed E-state index contributed by atoms with van der Waals surface area (Å²) in [5, 5.41) is 21.4. The van der Waals surface area contributed by atoms with Crippen LogP contribution in [-0.4, -0.2) is 76.1 Å². The zero-order valence-corrected chi connectivity index (χ0v) is 35.1. The van der Waals surface area contributed by atoms with E-state index in [1.54, 1.807) is 47.4 Å². The Labute approximate surface area is 370 Å². The van der Waals surface area contributed by atoms with Crippen LogP contribution in [0.5, 0.6) is 5.75 Å². The van der Waals surface area contributed by atoms with Gasteiger partial charge in [-0.2, -0.15) is 0 Å². The Morgan fingerprint density at radius 2 is 1.39 bits per heavy atom. The smallest absolute Gasteiger partial charge is 0.421 e. The van der Waals surface area contributed by atoms with Crippen molar-refractivity contribution in [3.8, 4) is 5.75 Å². The van der Waals surface area contributed by atoms with Gasteiger partial charge in [-0.25, -0.2) is 9.69 Å². The molecule has 5 aromatic carbocycles. The third-order valence-corrected chi connectivity index (χ3v) is 13.1. The molecule has 0 saturated carbocycles. The highest BCUT2D eigenvalue weighted by Crippen LogP contribution is 2.66. The number of aliphatic hydroxyl groups excluding tert-OH is 1.